The highest BCUT2D eigenvalue weighted by molar-refractivity contribution is 5.52. The van der Waals surface area contributed by atoms with E-state index in [1.54, 1.807) is 4.90 Å². The summed E-state index contributed by atoms with van der Waals surface area (Å²) in [5.41, 5.74) is 0.312. The lowest BCUT2D eigenvalue weighted by molar-refractivity contribution is -0.149. The largest absolute Gasteiger partial charge is 0.508 e. The molecule has 0 radical (unpaired) electrons. The number of halogens is 3. The van der Waals surface area contributed by atoms with E-state index in [4.69, 9.17) is 9.47 Å². The Morgan fingerprint density at radius 3 is 2.13 bits per heavy atom. The van der Waals surface area contributed by atoms with Gasteiger partial charge in [0.25, 0.3) is 0 Å². The maximum absolute atomic E-state index is 13.1. The number of hydrogen-bond donors (Lipinski definition) is 2. The molecule has 5 nitrogen and oxygen atoms in total. The number of alkyl halides is 3. The number of phenolic OH excluding ortho intramolecular Hbond substituents is 1. The smallest absolute Gasteiger partial charge is 0.390 e. The zero-order valence-corrected chi connectivity index (χ0v) is 13.1. The number of aromatic hydroxyl groups is 1. The molecule has 8 heteroatoms. The Kier molecular flexibility index (Phi) is 5.59. The second kappa shape index (κ2) is 7.27. The SMILES string of the molecule is COc1cc(O)cc(OC)c1[C@@H](CC(F)(F)F)N1CCNCC1. The van der Waals surface area contributed by atoms with Crippen molar-refractivity contribution in [3.05, 3.63) is 17.7 Å². The van der Waals surface area contributed by atoms with E-state index in [0.29, 0.717) is 31.7 Å². The van der Waals surface area contributed by atoms with Gasteiger partial charge in [0.2, 0.25) is 0 Å². The van der Waals surface area contributed by atoms with Crippen molar-refractivity contribution in [2.45, 2.75) is 18.6 Å². The molecule has 1 aromatic carbocycles. The fourth-order valence-electron chi connectivity index (χ4n) is 2.88. The van der Waals surface area contributed by atoms with Crippen LogP contribution in [0.25, 0.3) is 0 Å². The third kappa shape index (κ3) is 4.42. The molecule has 0 spiro atoms. The summed E-state index contributed by atoms with van der Waals surface area (Å²) in [4.78, 5) is 1.77. The maximum atomic E-state index is 13.1. The van der Waals surface area contributed by atoms with Gasteiger partial charge in [-0.3, -0.25) is 4.90 Å². The van der Waals surface area contributed by atoms with Crippen molar-refractivity contribution in [1.82, 2.24) is 10.2 Å². The van der Waals surface area contributed by atoms with E-state index < -0.39 is 18.6 Å². The van der Waals surface area contributed by atoms with Crippen LogP contribution in [0.1, 0.15) is 18.0 Å². The van der Waals surface area contributed by atoms with Crippen molar-refractivity contribution in [2.75, 3.05) is 40.4 Å². The van der Waals surface area contributed by atoms with Gasteiger partial charge >= 0.3 is 6.18 Å². The third-order valence-corrected chi connectivity index (χ3v) is 3.88. The fraction of sp³-hybridized carbons (Fsp3) is 0.600. The van der Waals surface area contributed by atoms with Gasteiger partial charge in [-0.25, -0.2) is 0 Å². The molecule has 2 rings (SSSR count). The van der Waals surface area contributed by atoms with Gasteiger partial charge in [-0.15, -0.1) is 0 Å². The highest BCUT2D eigenvalue weighted by atomic mass is 19.4. The van der Waals surface area contributed by atoms with Crippen molar-refractivity contribution in [1.29, 1.82) is 0 Å². The maximum Gasteiger partial charge on any atom is 0.390 e. The van der Waals surface area contributed by atoms with Crippen LogP contribution in [0, 0.1) is 0 Å². The number of nitrogens with one attached hydrogen (secondary N) is 1. The highest BCUT2D eigenvalue weighted by Crippen LogP contribution is 2.44. The second-order valence-electron chi connectivity index (χ2n) is 5.39. The number of benzene rings is 1. The van der Waals surface area contributed by atoms with Crippen LogP contribution in [0.4, 0.5) is 13.2 Å². The van der Waals surface area contributed by atoms with Gasteiger partial charge in [-0.1, -0.05) is 0 Å². The zero-order valence-electron chi connectivity index (χ0n) is 13.1. The molecule has 1 aliphatic rings. The van der Waals surface area contributed by atoms with Crippen LogP contribution < -0.4 is 14.8 Å². The number of piperazine rings is 1. The van der Waals surface area contributed by atoms with Gasteiger partial charge < -0.3 is 19.9 Å². The molecule has 2 N–H and O–H groups in total. The number of hydrogen-bond acceptors (Lipinski definition) is 5. The van der Waals surface area contributed by atoms with Crippen LogP contribution >= 0.6 is 0 Å². The Bertz CT molecular complexity index is 506. The van der Waals surface area contributed by atoms with Crippen molar-refractivity contribution < 1.29 is 27.8 Å². The predicted molar refractivity (Wildman–Crippen MR) is 79.1 cm³/mol. The molecule has 0 aromatic heterocycles. The van der Waals surface area contributed by atoms with E-state index in [9.17, 15) is 18.3 Å². The van der Waals surface area contributed by atoms with E-state index in [1.165, 1.54) is 26.4 Å². The average molecular weight is 334 g/mol. The van der Waals surface area contributed by atoms with Crippen LogP contribution in [0.2, 0.25) is 0 Å². The summed E-state index contributed by atoms with van der Waals surface area (Å²) >= 11 is 0. The first-order valence-corrected chi connectivity index (χ1v) is 7.32. The number of phenols is 1. The molecule has 1 aromatic rings. The van der Waals surface area contributed by atoms with Crippen molar-refractivity contribution in [3.63, 3.8) is 0 Å². The minimum Gasteiger partial charge on any atom is -0.508 e. The first-order valence-electron chi connectivity index (χ1n) is 7.32. The summed E-state index contributed by atoms with van der Waals surface area (Å²) in [7, 11) is 2.72. The van der Waals surface area contributed by atoms with Gasteiger partial charge in [0.05, 0.1) is 32.2 Å². The molecule has 0 unspecified atom stereocenters. The van der Waals surface area contributed by atoms with Crippen molar-refractivity contribution in [2.24, 2.45) is 0 Å². The van der Waals surface area contributed by atoms with E-state index in [0.717, 1.165) is 0 Å². The highest BCUT2D eigenvalue weighted by Gasteiger charge is 2.38. The Hall–Kier alpha value is -1.67. The van der Waals surface area contributed by atoms with Gasteiger partial charge in [-0.2, -0.15) is 13.2 Å². The lowest BCUT2D eigenvalue weighted by atomic mass is 9.98. The lowest BCUT2D eigenvalue weighted by Gasteiger charge is -2.36. The molecule has 1 heterocycles. The average Bonchev–Trinajstić information content (AvgIpc) is 2.52. The zero-order chi connectivity index (χ0) is 17.0. The van der Waals surface area contributed by atoms with Gasteiger partial charge in [0.1, 0.15) is 17.2 Å². The third-order valence-electron chi connectivity index (χ3n) is 3.88. The Balaban J connectivity index is 2.48. The first-order chi connectivity index (χ1) is 10.9. The van der Waals surface area contributed by atoms with Crippen LogP contribution in [0.3, 0.4) is 0 Å². The number of rotatable bonds is 5. The van der Waals surface area contributed by atoms with E-state index in [1.807, 2.05) is 0 Å². The lowest BCUT2D eigenvalue weighted by Crippen LogP contribution is -2.46. The fourth-order valence-corrected chi connectivity index (χ4v) is 2.88. The van der Waals surface area contributed by atoms with Crippen molar-refractivity contribution in [3.8, 4) is 17.2 Å². The predicted octanol–water partition coefficient (Wildman–Crippen LogP) is 2.31. The molecule has 1 aliphatic heterocycles. The van der Waals surface area contributed by atoms with Crippen LogP contribution in [-0.4, -0.2) is 56.6 Å². The minimum absolute atomic E-state index is 0.117. The topological polar surface area (TPSA) is 54.0 Å². The summed E-state index contributed by atoms with van der Waals surface area (Å²) in [5, 5.41) is 12.8. The normalized spacial score (nSPS) is 17.8. The number of nitrogens with zero attached hydrogens (tertiary/aromatic N) is 1. The summed E-state index contributed by atoms with van der Waals surface area (Å²) < 4.78 is 49.8. The number of ether oxygens (including phenoxy) is 2. The van der Waals surface area contributed by atoms with Gasteiger partial charge in [0, 0.05) is 38.3 Å². The van der Waals surface area contributed by atoms with E-state index in [2.05, 4.69) is 5.32 Å². The molecular weight excluding hydrogens is 313 g/mol. The number of methoxy groups -OCH3 is 2. The minimum atomic E-state index is -4.33. The summed E-state index contributed by atoms with van der Waals surface area (Å²) in [6.45, 7) is 2.23. The van der Waals surface area contributed by atoms with Gasteiger partial charge in [0.15, 0.2) is 0 Å². The summed E-state index contributed by atoms with van der Waals surface area (Å²) in [5.74, 6) is 0.262. The Labute approximate surface area is 133 Å². The van der Waals surface area contributed by atoms with E-state index >= 15 is 0 Å². The quantitative estimate of drug-likeness (QED) is 0.865. The molecule has 0 bridgehead atoms. The Morgan fingerprint density at radius 2 is 1.70 bits per heavy atom. The molecular formula is C15H21F3N2O3. The first kappa shape index (κ1) is 17.7. The van der Waals surface area contributed by atoms with E-state index in [-0.39, 0.29) is 17.2 Å². The molecule has 1 saturated heterocycles. The molecule has 1 fully saturated rings. The molecule has 0 saturated carbocycles. The Morgan fingerprint density at radius 1 is 1.17 bits per heavy atom. The summed E-state index contributed by atoms with van der Waals surface area (Å²) in [6.07, 6.45) is -5.34. The second-order valence-corrected chi connectivity index (χ2v) is 5.39. The molecule has 130 valence electrons. The molecule has 1 atom stereocenters. The molecule has 23 heavy (non-hydrogen) atoms. The summed E-state index contributed by atoms with van der Waals surface area (Å²) in [6, 6.07) is 1.69. The van der Waals surface area contributed by atoms with Crippen LogP contribution in [0.15, 0.2) is 12.1 Å². The monoisotopic (exact) mass is 334 g/mol. The standard InChI is InChI=1S/C15H21F3N2O3/c1-22-12-7-10(21)8-13(23-2)14(12)11(9-15(16,17)18)20-5-3-19-4-6-20/h7-8,11,19,21H,3-6,9H2,1-2H3/t11-/m1/s1. The van der Waals surface area contributed by atoms with Crippen LogP contribution in [0.5, 0.6) is 17.2 Å². The van der Waals surface area contributed by atoms with Gasteiger partial charge in [-0.05, 0) is 0 Å². The van der Waals surface area contributed by atoms with Crippen LogP contribution in [-0.2, 0) is 0 Å². The molecule has 0 amide bonds. The molecule has 0 aliphatic carbocycles. The van der Waals surface area contributed by atoms with Crippen molar-refractivity contribution >= 4 is 0 Å².